The number of fused-ring (bicyclic) bond motifs is 1. The van der Waals surface area contributed by atoms with E-state index in [1.54, 1.807) is 7.11 Å². The summed E-state index contributed by atoms with van der Waals surface area (Å²) in [6.07, 6.45) is 0. The van der Waals surface area contributed by atoms with E-state index < -0.39 is 0 Å². The van der Waals surface area contributed by atoms with Gasteiger partial charge in [0.05, 0.1) is 7.11 Å². The number of hydrogen-bond donors (Lipinski definition) is 0. The van der Waals surface area contributed by atoms with Crippen LogP contribution < -0.4 is 4.74 Å². The maximum Gasteiger partial charge on any atom is 0.126 e. The number of benzene rings is 4. The normalized spacial score (nSPS) is 11.0. The predicted molar refractivity (Wildman–Crippen MR) is 124 cm³/mol. The van der Waals surface area contributed by atoms with Gasteiger partial charge in [-0.05, 0) is 76.0 Å². The summed E-state index contributed by atoms with van der Waals surface area (Å²) in [5.41, 5.74) is 4.47. The van der Waals surface area contributed by atoms with Crippen molar-refractivity contribution >= 4 is 58.6 Å². The molecule has 27 heavy (non-hydrogen) atoms. The van der Waals surface area contributed by atoms with Crippen molar-refractivity contribution in [1.82, 2.24) is 0 Å². The largest absolute Gasteiger partial charge is 0.496 e. The molecule has 0 aliphatic rings. The third-order valence-corrected chi connectivity index (χ3v) is 6.23. The smallest absolute Gasteiger partial charge is 0.126 e. The first-order chi connectivity index (χ1) is 13.1. The summed E-state index contributed by atoms with van der Waals surface area (Å²) in [7, 11) is 1.71. The summed E-state index contributed by atoms with van der Waals surface area (Å²) >= 11 is 10.9. The van der Waals surface area contributed by atoms with Gasteiger partial charge in [0.1, 0.15) is 5.75 Å². The van der Waals surface area contributed by atoms with Gasteiger partial charge in [0.15, 0.2) is 0 Å². The van der Waals surface area contributed by atoms with Crippen molar-refractivity contribution in [1.29, 1.82) is 0 Å². The Morgan fingerprint density at radius 1 is 0.593 bits per heavy atom. The minimum atomic E-state index is 0.848. The summed E-state index contributed by atoms with van der Waals surface area (Å²) in [4.78, 5) is 0. The van der Waals surface area contributed by atoms with Crippen molar-refractivity contribution in [3.63, 3.8) is 0 Å². The summed E-state index contributed by atoms with van der Waals surface area (Å²) in [5, 5.41) is 2.40. The highest BCUT2D eigenvalue weighted by atomic mass is 79.9. The zero-order valence-corrected chi connectivity index (χ0v) is 19.2. The second-order valence-electron chi connectivity index (χ2n) is 6.21. The van der Waals surface area contributed by atoms with Crippen molar-refractivity contribution in [2.24, 2.45) is 0 Å². The Balaban J connectivity index is 2.10. The molecule has 4 heteroatoms. The lowest BCUT2D eigenvalue weighted by atomic mass is 9.91. The van der Waals surface area contributed by atoms with Crippen LogP contribution in [0.1, 0.15) is 0 Å². The molecule has 0 amide bonds. The number of hydrogen-bond acceptors (Lipinski definition) is 1. The van der Waals surface area contributed by atoms with E-state index >= 15 is 0 Å². The summed E-state index contributed by atoms with van der Waals surface area (Å²) in [6.45, 7) is 0. The molecule has 0 aliphatic carbocycles. The molecule has 0 saturated carbocycles. The number of ether oxygens (including phenoxy) is 1. The Morgan fingerprint density at radius 2 is 1.15 bits per heavy atom. The predicted octanol–water partition coefficient (Wildman–Crippen LogP) is 8.47. The highest BCUT2D eigenvalue weighted by Crippen LogP contribution is 2.43. The molecule has 0 saturated heterocycles. The minimum absolute atomic E-state index is 0.848. The van der Waals surface area contributed by atoms with Crippen LogP contribution in [-0.2, 0) is 0 Å². The van der Waals surface area contributed by atoms with Crippen molar-refractivity contribution in [2.45, 2.75) is 0 Å². The standard InChI is InChI=1S/C23H15Br3O/c1-27-23-9-7-17(25)13-21(23)19-11-15-5-3-2-4-14(15)10-18(19)20-12-16(24)6-8-22(20)26/h2-13H,1H3. The fourth-order valence-corrected chi connectivity index (χ4v) is 4.46. The highest BCUT2D eigenvalue weighted by Gasteiger charge is 2.16. The van der Waals surface area contributed by atoms with E-state index in [0.29, 0.717) is 0 Å². The molecular weight excluding hydrogens is 532 g/mol. The third kappa shape index (κ3) is 3.71. The Labute approximate surface area is 183 Å². The van der Waals surface area contributed by atoms with Crippen LogP contribution in [0.5, 0.6) is 5.75 Å². The molecule has 0 heterocycles. The van der Waals surface area contributed by atoms with Gasteiger partial charge in [-0.25, -0.2) is 0 Å². The molecule has 4 rings (SSSR count). The molecule has 0 fully saturated rings. The van der Waals surface area contributed by atoms with Gasteiger partial charge in [0.2, 0.25) is 0 Å². The van der Waals surface area contributed by atoms with Crippen molar-refractivity contribution < 1.29 is 4.74 Å². The average Bonchev–Trinajstić information content (AvgIpc) is 2.69. The second kappa shape index (κ2) is 7.78. The van der Waals surface area contributed by atoms with Crippen LogP contribution in [0.15, 0.2) is 86.2 Å². The maximum absolute atomic E-state index is 5.67. The van der Waals surface area contributed by atoms with E-state index in [9.17, 15) is 0 Å². The van der Waals surface area contributed by atoms with E-state index in [1.165, 1.54) is 10.8 Å². The number of rotatable bonds is 3. The first-order valence-electron chi connectivity index (χ1n) is 8.39. The van der Waals surface area contributed by atoms with Crippen LogP contribution >= 0.6 is 47.8 Å². The number of halogens is 3. The molecule has 134 valence electrons. The molecular formula is C23H15Br3O. The lowest BCUT2D eigenvalue weighted by Gasteiger charge is -2.17. The van der Waals surface area contributed by atoms with Gasteiger partial charge >= 0.3 is 0 Å². The maximum atomic E-state index is 5.67. The van der Waals surface area contributed by atoms with Gasteiger partial charge < -0.3 is 4.74 Å². The molecule has 4 aromatic rings. The summed E-state index contributed by atoms with van der Waals surface area (Å²) < 4.78 is 8.78. The van der Waals surface area contributed by atoms with Gasteiger partial charge in [0, 0.05) is 19.0 Å². The average molecular weight is 547 g/mol. The summed E-state index contributed by atoms with van der Waals surface area (Å²) in [5.74, 6) is 0.848. The van der Waals surface area contributed by atoms with Gasteiger partial charge in [-0.3, -0.25) is 0 Å². The highest BCUT2D eigenvalue weighted by molar-refractivity contribution is 9.11. The molecule has 0 aromatic heterocycles. The Hall–Kier alpha value is -1.62. The Morgan fingerprint density at radius 3 is 1.78 bits per heavy atom. The van der Waals surface area contributed by atoms with Crippen LogP contribution in [0.4, 0.5) is 0 Å². The van der Waals surface area contributed by atoms with E-state index in [2.05, 4.69) is 102 Å². The van der Waals surface area contributed by atoms with Crippen LogP contribution in [0.3, 0.4) is 0 Å². The lowest BCUT2D eigenvalue weighted by molar-refractivity contribution is 0.416. The molecule has 0 aliphatic heterocycles. The lowest BCUT2D eigenvalue weighted by Crippen LogP contribution is -1.92. The Bertz CT molecular complexity index is 1150. The molecule has 0 bridgehead atoms. The van der Waals surface area contributed by atoms with E-state index in [-0.39, 0.29) is 0 Å². The van der Waals surface area contributed by atoms with Gasteiger partial charge in [-0.15, -0.1) is 0 Å². The molecule has 0 atom stereocenters. The van der Waals surface area contributed by atoms with E-state index in [0.717, 1.165) is 41.4 Å². The quantitative estimate of drug-likeness (QED) is 0.250. The van der Waals surface area contributed by atoms with Crippen molar-refractivity contribution in [3.8, 4) is 28.0 Å². The zero-order valence-electron chi connectivity index (χ0n) is 14.5. The van der Waals surface area contributed by atoms with E-state index in [1.807, 2.05) is 18.2 Å². The summed E-state index contributed by atoms with van der Waals surface area (Å²) in [6, 6.07) is 25.3. The fourth-order valence-electron chi connectivity index (χ4n) is 3.28. The Kier molecular flexibility index (Phi) is 5.40. The van der Waals surface area contributed by atoms with Crippen LogP contribution in [0, 0.1) is 0 Å². The first-order valence-corrected chi connectivity index (χ1v) is 10.8. The molecule has 0 spiro atoms. The van der Waals surface area contributed by atoms with Gasteiger partial charge in [0.25, 0.3) is 0 Å². The molecule has 0 N–H and O–H groups in total. The second-order valence-corrected chi connectivity index (χ2v) is 8.90. The number of methoxy groups -OCH3 is 1. The monoisotopic (exact) mass is 544 g/mol. The molecule has 1 nitrogen and oxygen atoms in total. The van der Waals surface area contributed by atoms with Gasteiger partial charge in [-0.2, -0.15) is 0 Å². The molecule has 0 unspecified atom stereocenters. The minimum Gasteiger partial charge on any atom is -0.496 e. The van der Waals surface area contributed by atoms with Crippen LogP contribution in [0.2, 0.25) is 0 Å². The van der Waals surface area contributed by atoms with Crippen LogP contribution in [0.25, 0.3) is 33.0 Å². The van der Waals surface area contributed by atoms with Crippen LogP contribution in [-0.4, -0.2) is 7.11 Å². The van der Waals surface area contributed by atoms with E-state index in [4.69, 9.17) is 4.74 Å². The molecule has 4 aromatic carbocycles. The third-order valence-electron chi connectivity index (χ3n) is 4.56. The molecule has 0 radical (unpaired) electrons. The fraction of sp³-hybridized carbons (Fsp3) is 0.0435. The van der Waals surface area contributed by atoms with Gasteiger partial charge in [-0.1, -0.05) is 72.1 Å². The van der Waals surface area contributed by atoms with Crippen molar-refractivity contribution in [3.05, 3.63) is 86.2 Å². The SMILES string of the molecule is COc1ccc(Br)cc1-c1cc2ccccc2cc1-c1cc(Br)ccc1Br. The van der Waals surface area contributed by atoms with Crippen molar-refractivity contribution in [2.75, 3.05) is 7.11 Å². The first kappa shape index (κ1) is 18.7. The topological polar surface area (TPSA) is 9.23 Å². The zero-order chi connectivity index (χ0) is 19.0.